The van der Waals surface area contributed by atoms with Crippen LogP contribution in [0.5, 0.6) is 0 Å². The number of para-hydroxylation sites is 1. The molecule has 1 aromatic heterocycles. The molecule has 0 radical (unpaired) electrons. The number of morpholine rings is 1. The van der Waals surface area contributed by atoms with Crippen LogP contribution in [0.25, 0.3) is 10.9 Å². The highest BCUT2D eigenvalue weighted by Gasteiger charge is 2.32. The van der Waals surface area contributed by atoms with Crippen LogP contribution in [-0.2, 0) is 21.3 Å². The van der Waals surface area contributed by atoms with Crippen LogP contribution < -0.4 is 4.90 Å². The van der Waals surface area contributed by atoms with Gasteiger partial charge in [0, 0.05) is 69.5 Å². The van der Waals surface area contributed by atoms with E-state index in [-0.39, 0.29) is 23.7 Å². The summed E-state index contributed by atoms with van der Waals surface area (Å²) in [4.78, 5) is 19.7. The fraction of sp³-hybridized carbons (Fsp3) is 0.375. The number of hydrogen-bond acceptors (Lipinski definition) is 8. The van der Waals surface area contributed by atoms with Crippen molar-refractivity contribution in [2.45, 2.75) is 11.4 Å². The van der Waals surface area contributed by atoms with Crippen molar-refractivity contribution < 1.29 is 18.1 Å². The number of benzene rings is 2. The summed E-state index contributed by atoms with van der Waals surface area (Å²) in [5.41, 5.74) is 2.42. The summed E-state index contributed by atoms with van der Waals surface area (Å²) in [6, 6.07) is 14.3. The molecule has 11 heteroatoms. The van der Waals surface area contributed by atoms with Crippen molar-refractivity contribution in [2.24, 2.45) is 0 Å². The minimum Gasteiger partial charge on any atom is -0.379 e. The predicted molar refractivity (Wildman–Crippen MR) is 132 cm³/mol. The van der Waals surface area contributed by atoms with Crippen LogP contribution in [0, 0.1) is 10.1 Å². The van der Waals surface area contributed by atoms with Crippen molar-refractivity contribution in [1.29, 1.82) is 0 Å². The first-order valence-electron chi connectivity index (χ1n) is 11.6. The molecule has 0 bridgehead atoms. The number of sulfonamides is 1. The molecule has 3 aromatic rings. The molecule has 0 aliphatic carbocycles. The Morgan fingerprint density at radius 2 is 1.71 bits per heavy atom. The normalized spacial score (nSPS) is 18.1. The van der Waals surface area contributed by atoms with Crippen molar-refractivity contribution in [1.82, 2.24) is 14.2 Å². The van der Waals surface area contributed by atoms with E-state index in [2.05, 4.69) is 28.1 Å². The average Bonchev–Trinajstić information content (AvgIpc) is 2.89. The first-order chi connectivity index (χ1) is 16.9. The van der Waals surface area contributed by atoms with Crippen LogP contribution in [0.1, 0.15) is 5.56 Å². The smallest absolute Gasteiger partial charge is 0.270 e. The largest absolute Gasteiger partial charge is 0.379 e. The molecule has 0 saturated carbocycles. The van der Waals surface area contributed by atoms with Gasteiger partial charge in [-0.25, -0.2) is 8.42 Å². The van der Waals surface area contributed by atoms with E-state index in [1.165, 1.54) is 16.4 Å². The van der Waals surface area contributed by atoms with Crippen LogP contribution in [0.2, 0.25) is 0 Å². The minimum absolute atomic E-state index is 0.0136. The van der Waals surface area contributed by atoms with Gasteiger partial charge in [-0.2, -0.15) is 4.31 Å². The summed E-state index contributed by atoms with van der Waals surface area (Å²) >= 11 is 0. The summed E-state index contributed by atoms with van der Waals surface area (Å²) in [7, 11) is -3.90. The number of nitro groups is 1. The van der Waals surface area contributed by atoms with E-state index < -0.39 is 14.9 Å². The topological polar surface area (TPSA) is 109 Å². The number of piperazine rings is 1. The highest BCUT2D eigenvalue weighted by atomic mass is 32.2. The first kappa shape index (κ1) is 23.6. The molecule has 2 aliphatic heterocycles. The molecule has 0 atom stereocenters. The van der Waals surface area contributed by atoms with E-state index in [1.54, 1.807) is 12.3 Å². The lowest BCUT2D eigenvalue weighted by Crippen LogP contribution is -2.47. The van der Waals surface area contributed by atoms with Gasteiger partial charge >= 0.3 is 0 Å². The van der Waals surface area contributed by atoms with Gasteiger partial charge in [0.05, 0.1) is 29.3 Å². The summed E-state index contributed by atoms with van der Waals surface area (Å²) < 4.78 is 33.6. The van der Waals surface area contributed by atoms with Crippen LogP contribution >= 0.6 is 0 Å². The molecule has 184 valence electrons. The van der Waals surface area contributed by atoms with Gasteiger partial charge in [0.2, 0.25) is 10.0 Å². The molecule has 2 aromatic carbocycles. The molecule has 2 aliphatic rings. The first-order valence-corrected chi connectivity index (χ1v) is 13.0. The predicted octanol–water partition coefficient (Wildman–Crippen LogP) is 2.49. The monoisotopic (exact) mass is 497 g/mol. The lowest BCUT2D eigenvalue weighted by molar-refractivity contribution is -0.385. The maximum atomic E-state index is 13.5. The van der Waals surface area contributed by atoms with Gasteiger partial charge in [0.25, 0.3) is 5.69 Å². The van der Waals surface area contributed by atoms with Gasteiger partial charge < -0.3 is 9.64 Å². The molecule has 0 N–H and O–H groups in total. The number of anilines is 1. The Labute approximate surface area is 203 Å². The molecule has 5 rings (SSSR count). The van der Waals surface area contributed by atoms with Crippen molar-refractivity contribution in [2.75, 3.05) is 57.4 Å². The zero-order valence-corrected chi connectivity index (χ0v) is 20.1. The van der Waals surface area contributed by atoms with Gasteiger partial charge in [0.15, 0.2) is 0 Å². The summed E-state index contributed by atoms with van der Waals surface area (Å²) in [5.74, 6) is 0. The summed E-state index contributed by atoms with van der Waals surface area (Å²) in [6.07, 6.45) is 1.80. The van der Waals surface area contributed by atoms with Gasteiger partial charge in [0.1, 0.15) is 4.90 Å². The van der Waals surface area contributed by atoms with E-state index in [0.29, 0.717) is 32.0 Å². The Morgan fingerprint density at radius 3 is 2.46 bits per heavy atom. The molecule has 0 unspecified atom stereocenters. The number of nitrogens with zero attached hydrogens (tertiary/aromatic N) is 5. The second kappa shape index (κ2) is 9.86. The second-order valence-electron chi connectivity index (χ2n) is 8.68. The van der Waals surface area contributed by atoms with Crippen LogP contribution in [0.15, 0.2) is 59.6 Å². The molecule has 35 heavy (non-hydrogen) atoms. The number of pyridine rings is 1. The zero-order valence-electron chi connectivity index (χ0n) is 19.2. The summed E-state index contributed by atoms with van der Waals surface area (Å²) in [6.45, 7) is 4.53. The van der Waals surface area contributed by atoms with Gasteiger partial charge in [-0.3, -0.25) is 20.0 Å². The number of hydrogen-bond donors (Lipinski definition) is 0. The van der Waals surface area contributed by atoms with Crippen LogP contribution in [0.3, 0.4) is 0 Å². The Bertz CT molecular complexity index is 1330. The second-order valence-corrected chi connectivity index (χ2v) is 10.6. The lowest BCUT2D eigenvalue weighted by atomic mass is 10.1. The third kappa shape index (κ3) is 4.85. The Kier molecular flexibility index (Phi) is 6.65. The van der Waals surface area contributed by atoms with Gasteiger partial charge in [-0.15, -0.1) is 0 Å². The molecule has 10 nitrogen and oxygen atoms in total. The number of aromatic nitrogens is 1. The highest BCUT2D eigenvalue weighted by Crippen LogP contribution is 2.33. The molecule has 3 heterocycles. The fourth-order valence-electron chi connectivity index (χ4n) is 4.69. The number of nitro benzene ring substituents is 1. The lowest BCUT2D eigenvalue weighted by Gasteiger charge is -2.37. The standard InChI is InChI=1S/C24H27N5O5S/c30-29(31)21-6-7-22(23(17-21)35(32,33)28-13-15-34-16-14-28)27-11-9-26(10-12-27)18-20-4-1-3-19-5-2-8-25-24(19)20/h1-8,17H,9-16,18H2. The third-order valence-electron chi connectivity index (χ3n) is 6.57. The van der Waals surface area contributed by atoms with E-state index in [1.807, 2.05) is 17.0 Å². The quantitative estimate of drug-likeness (QED) is 0.378. The maximum absolute atomic E-state index is 13.5. The maximum Gasteiger partial charge on any atom is 0.270 e. The number of fused-ring (bicyclic) bond motifs is 1. The molecule has 0 spiro atoms. The Balaban J connectivity index is 1.36. The SMILES string of the molecule is O=[N+]([O-])c1ccc(N2CCN(Cc3cccc4cccnc34)CC2)c(S(=O)(=O)N2CCOCC2)c1. The van der Waals surface area contributed by atoms with Gasteiger partial charge in [-0.05, 0) is 17.7 Å². The van der Waals surface area contributed by atoms with E-state index >= 15 is 0 Å². The Morgan fingerprint density at radius 1 is 0.971 bits per heavy atom. The summed E-state index contributed by atoms with van der Waals surface area (Å²) in [5, 5.41) is 12.5. The van der Waals surface area contributed by atoms with Crippen molar-refractivity contribution in [3.8, 4) is 0 Å². The number of rotatable bonds is 6. The van der Waals surface area contributed by atoms with Crippen molar-refractivity contribution >= 4 is 32.3 Å². The molecular weight excluding hydrogens is 470 g/mol. The molecule has 2 saturated heterocycles. The Hall–Kier alpha value is -3.12. The van der Waals surface area contributed by atoms with E-state index in [0.717, 1.165) is 36.1 Å². The highest BCUT2D eigenvalue weighted by molar-refractivity contribution is 7.89. The van der Waals surface area contributed by atoms with Crippen LogP contribution in [0.4, 0.5) is 11.4 Å². The third-order valence-corrected chi connectivity index (χ3v) is 8.49. The van der Waals surface area contributed by atoms with Crippen molar-refractivity contribution in [3.63, 3.8) is 0 Å². The number of non-ortho nitro benzene ring substituents is 1. The molecule has 0 amide bonds. The zero-order chi connectivity index (χ0) is 24.4. The molecule has 2 fully saturated rings. The molecular formula is C24H27N5O5S. The minimum atomic E-state index is -3.90. The van der Waals surface area contributed by atoms with E-state index in [9.17, 15) is 18.5 Å². The van der Waals surface area contributed by atoms with Gasteiger partial charge in [-0.1, -0.05) is 24.3 Å². The average molecular weight is 498 g/mol. The van der Waals surface area contributed by atoms with Crippen LogP contribution in [-0.4, -0.2) is 80.0 Å². The van der Waals surface area contributed by atoms with Crippen molar-refractivity contribution in [3.05, 3.63) is 70.4 Å². The fourth-order valence-corrected chi connectivity index (χ4v) is 6.33. The van der Waals surface area contributed by atoms with E-state index in [4.69, 9.17) is 4.74 Å². The number of ether oxygens (including phenoxy) is 1.